The van der Waals surface area contributed by atoms with Crippen LogP contribution in [0.25, 0.3) is 11.0 Å². The van der Waals surface area contributed by atoms with E-state index in [1.807, 2.05) is 0 Å². The van der Waals surface area contributed by atoms with E-state index >= 15 is 0 Å². The van der Waals surface area contributed by atoms with Crippen LogP contribution in [0.3, 0.4) is 0 Å². The molecule has 2 atom stereocenters. The normalized spacial score (nSPS) is 30.9. The van der Waals surface area contributed by atoms with Crippen LogP contribution in [-0.2, 0) is 12.5 Å². The van der Waals surface area contributed by atoms with Crippen LogP contribution in [0.1, 0.15) is 19.2 Å². The van der Waals surface area contributed by atoms with E-state index < -0.39 is 0 Å². The molecule has 2 aliphatic rings. The monoisotopic (exact) mass is 241 g/mol. The zero-order valence-corrected chi connectivity index (χ0v) is 11.1. The number of hydrogen-bond donors (Lipinski definition) is 0. The largest absolute Gasteiger partial charge is 0.331 e. The van der Waals surface area contributed by atoms with Crippen molar-refractivity contribution >= 4 is 11.0 Å². The van der Waals surface area contributed by atoms with Gasteiger partial charge >= 0.3 is 0 Å². The smallest absolute Gasteiger partial charge is 0.117 e. The molecule has 1 aliphatic heterocycles. The van der Waals surface area contributed by atoms with Crippen molar-refractivity contribution in [1.82, 2.24) is 14.5 Å². The molecule has 2 aromatic rings. The van der Waals surface area contributed by atoms with Gasteiger partial charge in [-0.1, -0.05) is 19.1 Å². The number of hydrogen-bond acceptors (Lipinski definition) is 2. The van der Waals surface area contributed by atoms with Gasteiger partial charge in [0.05, 0.1) is 11.0 Å². The number of likely N-dealkylation sites (tertiary alicyclic amines) is 1. The highest BCUT2D eigenvalue weighted by molar-refractivity contribution is 5.76. The van der Waals surface area contributed by atoms with E-state index in [4.69, 9.17) is 4.98 Å². The van der Waals surface area contributed by atoms with E-state index in [1.54, 1.807) is 0 Å². The Morgan fingerprint density at radius 2 is 2.22 bits per heavy atom. The molecule has 18 heavy (non-hydrogen) atoms. The molecule has 1 aromatic heterocycles. The molecule has 2 fully saturated rings. The number of imidazole rings is 1. The Morgan fingerprint density at radius 3 is 2.94 bits per heavy atom. The second-order valence-corrected chi connectivity index (χ2v) is 5.87. The molecule has 1 aliphatic carbocycles. The van der Waals surface area contributed by atoms with Crippen LogP contribution >= 0.6 is 0 Å². The van der Waals surface area contributed by atoms with Crippen molar-refractivity contribution in [2.45, 2.75) is 18.8 Å². The van der Waals surface area contributed by atoms with Crippen molar-refractivity contribution in [2.75, 3.05) is 19.6 Å². The number of aryl methyl sites for hydroxylation is 1. The van der Waals surface area contributed by atoms with E-state index in [0.29, 0.717) is 5.41 Å². The van der Waals surface area contributed by atoms with Crippen molar-refractivity contribution in [2.24, 2.45) is 13.0 Å². The Balaban J connectivity index is 1.82. The fourth-order valence-corrected chi connectivity index (χ4v) is 3.77. The van der Waals surface area contributed by atoms with E-state index in [0.717, 1.165) is 11.4 Å². The molecule has 1 saturated carbocycles. The van der Waals surface area contributed by atoms with Gasteiger partial charge in [0, 0.05) is 25.6 Å². The summed E-state index contributed by atoms with van der Waals surface area (Å²) >= 11 is 0. The van der Waals surface area contributed by atoms with Crippen molar-refractivity contribution in [3.8, 4) is 0 Å². The predicted molar refractivity (Wildman–Crippen MR) is 72.6 cm³/mol. The molecule has 3 heteroatoms. The molecule has 4 rings (SSSR count). The van der Waals surface area contributed by atoms with Gasteiger partial charge in [-0.05, 0) is 31.0 Å². The standard InChI is InChI=1S/C15H19N3/c1-3-18-9-11-8-15(11,10-18)14-16-12-6-4-5-7-13(12)17(14)2/h4-7,11H,3,8-10H2,1-2H3. The first-order valence-corrected chi connectivity index (χ1v) is 6.89. The molecule has 3 nitrogen and oxygen atoms in total. The third-order valence-corrected chi connectivity index (χ3v) is 4.90. The number of nitrogens with zero attached hydrogens (tertiary/aromatic N) is 3. The molecule has 1 saturated heterocycles. The van der Waals surface area contributed by atoms with Gasteiger partial charge in [0.15, 0.2) is 0 Å². The van der Waals surface area contributed by atoms with Crippen molar-refractivity contribution in [1.29, 1.82) is 0 Å². The summed E-state index contributed by atoms with van der Waals surface area (Å²) in [6, 6.07) is 8.47. The fourth-order valence-electron chi connectivity index (χ4n) is 3.77. The van der Waals surface area contributed by atoms with Crippen molar-refractivity contribution in [3.63, 3.8) is 0 Å². The number of piperidine rings is 1. The molecular weight excluding hydrogens is 222 g/mol. The minimum atomic E-state index is 0.365. The lowest BCUT2D eigenvalue weighted by atomic mass is 10.1. The molecule has 0 amide bonds. The zero-order valence-electron chi connectivity index (χ0n) is 11.1. The topological polar surface area (TPSA) is 21.1 Å². The molecule has 2 heterocycles. The first kappa shape index (κ1) is 10.6. The first-order chi connectivity index (χ1) is 8.74. The van der Waals surface area contributed by atoms with E-state index in [9.17, 15) is 0 Å². The Kier molecular flexibility index (Phi) is 1.97. The summed E-state index contributed by atoms with van der Waals surface area (Å²) in [6.07, 6.45) is 1.33. The number of benzene rings is 1. The number of para-hydroxylation sites is 2. The zero-order chi connectivity index (χ0) is 12.3. The van der Waals surface area contributed by atoms with E-state index in [-0.39, 0.29) is 0 Å². The van der Waals surface area contributed by atoms with Gasteiger partial charge in [0.1, 0.15) is 5.82 Å². The van der Waals surface area contributed by atoms with Crippen LogP contribution in [0.2, 0.25) is 0 Å². The van der Waals surface area contributed by atoms with Crippen molar-refractivity contribution < 1.29 is 0 Å². The van der Waals surface area contributed by atoms with Gasteiger partial charge in [0.25, 0.3) is 0 Å². The summed E-state index contributed by atoms with van der Waals surface area (Å²) in [5, 5.41) is 0. The van der Waals surface area contributed by atoms with Crippen LogP contribution in [0.5, 0.6) is 0 Å². The van der Waals surface area contributed by atoms with E-state index in [1.165, 1.54) is 37.4 Å². The summed E-state index contributed by atoms with van der Waals surface area (Å²) in [5.41, 5.74) is 2.77. The summed E-state index contributed by atoms with van der Waals surface area (Å²) in [5.74, 6) is 2.15. The second-order valence-electron chi connectivity index (χ2n) is 5.87. The minimum Gasteiger partial charge on any atom is -0.331 e. The predicted octanol–water partition coefficient (Wildman–Crippen LogP) is 2.17. The lowest BCUT2D eigenvalue weighted by Gasteiger charge is -2.18. The highest BCUT2D eigenvalue weighted by Crippen LogP contribution is 2.58. The molecule has 0 radical (unpaired) electrons. The van der Waals surface area contributed by atoms with Crippen LogP contribution in [-0.4, -0.2) is 34.1 Å². The summed E-state index contributed by atoms with van der Waals surface area (Å²) in [4.78, 5) is 7.48. The quantitative estimate of drug-likeness (QED) is 0.803. The van der Waals surface area contributed by atoms with Gasteiger partial charge < -0.3 is 9.47 Å². The third kappa shape index (κ3) is 1.20. The Hall–Kier alpha value is -1.35. The molecule has 0 N–H and O–H groups in total. The average molecular weight is 241 g/mol. The molecule has 0 spiro atoms. The highest BCUT2D eigenvalue weighted by atomic mass is 15.2. The Bertz CT molecular complexity index is 615. The van der Waals surface area contributed by atoms with E-state index in [2.05, 4.69) is 47.7 Å². The van der Waals surface area contributed by atoms with Crippen molar-refractivity contribution in [3.05, 3.63) is 30.1 Å². The van der Waals surface area contributed by atoms with Gasteiger partial charge in [-0.2, -0.15) is 0 Å². The van der Waals surface area contributed by atoms with Crippen LogP contribution in [0, 0.1) is 5.92 Å². The Labute approximate surface area is 107 Å². The maximum atomic E-state index is 4.91. The maximum absolute atomic E-state index is 4.91. The molecule has 1 aromatic carbocycles. The van der Waals surface area contributed by atoms with Gasteiger partial charge in [-0.25, -0.2) is 4.98 Å². The van der Waals surface area contributed by atoms with Gasteiger partial charge in [-0.3, -0.25) is 0 Å². The van der Waals surface area contributed by atoms with Crippen LogP contribution < -0.4 is 0 Å². The summed E-state index contributed by atoms with van der Waals surface area (Å²) < 4.78 is 2.31. The van der Waals surface area contributed by atoms with Crippen LogP contribution in [0.4, 0.5) is 0 Å². The summed E-state index contributed by atoms with van der Waals surface area (Å²) in [6.45, 7) is 5.89. The van der Waals surface area contributed by atoms with Gasteiger partial charge in [-0.15, -0.1) is 0 Å². The van der Waals surface area contributed by atoms with Crippen LogP contribution in [0.15, 0.2) is 24.3 Å². The number of likely N-dealkylation sites (N-methyl/N-ethyl adjacent to an activating group) is 1. The SMILES string of the molecule is CCN1CC2CC2(c2nc3ccccc3n2C)C1. The molecular formula is C15H19N3. The lowest BCUT2D eigenvalue weighted by Crippen LogP contribution is -2.27. The number of rotatable bonds is 2. The second kappa shape index (κ2) is 3.35. The third-order valence-electron chi connectivity index (χ3n) is 4.90. The molecule has 2 unspecified atom stereocenters. The maximum Gasteiger partial charge on any atom is 0.117 e. The first-order valence-electron chi connectivity index (χ1n) is 6.89. The van der Waals surface area contributed by atoms with Gasteiger partial charge in [0.2, 0.25) is 0 Å². The summed E-state index contributed by atoms with van der Waals surface area (Å²) in [7, 11) is 2.17. The fraction of sp³-hybridized carbons (Fsp3) is 0.533. The molecule has 94 valence electrons. The average Bonchev–Trinajstić information content (AvgIpc) is 2.80. The highest BCUT2D eigenvalue weighted by Gasteiger charge is 2.62. The Morgan fingerprint density at radius 1 is 1.39 bits per heavy atom. The number of aromatic nitrogens is 2. The number of fused-ring (bicyclic) bond motifs is 2. The minimum absolute atomic E-state index is 0.365. The lowest BCUT2D eigenvalue weighted by molar-refractivity contribution is 0.311. The molecule has 0 bridgehead atoms.